The molecule has 3 rings (SSSR count). The molecule has 1 atom stereocenters. The van der Waals surface area contributed by atoms with Crippen molar-refractivity contribution in [1.29, 1.82) is 5.26 Å². The maximum Gasteiger partial charge on any atom is 0.235 e. The summed E-state index contributed by atoms with van der Waals surface area (Å²) in [5, 5.41) is 12.2. The van der Waals surface area contributed by atoms with Crippen LogP contribution in [0.4, 0.5) is 5.95 Å². The van der Waals surface area contributed by atoms with Gasteiger partial charge in [-0.2, -0.15) is 5.26 Å². The summed E-state index contributed by atoms with van der Waals surface area (Å²) < 4.78 is 0. The summed E-state index contributed by atoms with van der Waals surface area (Å²) in [6, 6.07) is 4.06. The summed E-state index contributed by atoms with van der Waals surface area (Å²) >= 11 is 0. The highest BCUT2D eigenvalue weighted by Gasteiger charge is 2.43. The van der Waals surface area contributed by atoms with Crippen molar-refractivity contribution in [2.24, 2.45) is 5.92 Å². The first-order chi connectivity index (χ1) is 11.1. The van der Waals surface area contributed by atoms with Crippen molar-refractivity contribution in [1.82, 2.24) is 20.2 Å². The minimum Gasteiger partial charge on any atom is -0.338 e. The van der Waals surface area contributed by atoms with Crippen molar-refractivity contribution >= 4 is 11.9 Å². The molecule has 1 aromatic heterocycles. The lowest BCUT2D eigenvalue weighted by Crippen LogP contribution is -2.53. The second kappa shape index (κ2) is 6.50. The average molecular weight is 314 g/mol. The Morgan fingerprint density at radius 2 is 2.00 bits per heavy atom. The topological polar surface area (TPSA) is 85.2 Å². The minimum absolute atomic E-state index is 0.0645. The molecule has 1 saturated carbocycles. The van der Waals surface area contributed by atoms with Gasteiger partial charge in [0.1, 0.15) is 5.54 Å². The molecule has 1 saturated heterocycles. The van der Waals surface area contributed by atoms with Crippen LogP contribution in [0.2, 0.25) is 0 Å². The lowest BCUT2D eigenvalue weighted by atomic mass is 9.98. The highest BCUT2D eigenvalue weighted by Crippen LogP contribution is 2.39. The van der Waals surface area contributed by atoms with E-state index < -0.39 is 5.54 Å². The molecule has 7 nitrogen and oxygen atoms in total. The molecular weight excluding hydrogens is 292 g/mol. The first-order valence-corrected chi connectivity index (χ1v) is 8.07. The van der Waals surface area contributed by atoms with Crippen molar-refractivity contribution < 1.29 is 4.79 Å². The van der Waals surface area contributed by atoms with Gasteiger partial charge in [-0.25, -0.2) is 9.97 Å². The van der Waals surface area contributed by atoms with Crippen LogP contribution in [0.5, 0.6) is 0 Å². The molecule has 1 aromatic rings. The quantitative estimate of drug-likeness (QED) is 0.847. The molecule has 1 amide bonds. The van der Waals surface area contributed by atoms with Crippen molar-refractivity contribution in [3.05, 3.63) is 18.5 Å². The number of carbonyl (C=O) groups excluding carboxylic acids is 1. The molecule has 1 aliphatic heterocycles. The Labute approximate surface area is 136 Å². The van der Waals surface area contributed by atoms with E-state index in [1.807, 2.05) is 6.92 Å². The van der Waals surface area contributed by atoms with E-state index in [4.69, 9.17) is 0 Å². The van der Waals surface area contributed by atoms with Crippen LogP contribution in [0.1, 0.15) is 19.8 Å². The Morgan fingerprint density at radius 1 is 1.35 bits per heavy atom. The molecule has 1 N–H and O–H groups in total. The van der Waals surface area contributed by atoms with Crippen molar-refractivity contribution in [2.45, 2.75) is 25.3 Å². The van der Waals surface area contributed by atoms with Gasteiger partial charge in [0.2, 0.25) is 11.9 Å². The first kappa shape index (κ1) is 15.7. The van der Waals surface area contributed by atoms with E-state index in [1.54, 1.807) is 18.5 Å². The molecule has 1 aliphatic carbocycles. The molecule has 23 heavy (non-hydrogen) atoms. The number of hydrogen-bond donors (Lipinski definition) is 1. The van der Waals surface area contributed by atoms with Gasteiger partial charge in [-0.3, -0.25) is 9.69 Å². The summed E-state index contributed by atoms with van der Waals surface area (Å²) in [7, 11) is 0. The fourth-order valence-corrected chi connectivity index (χ4v) is 2.97. The third-order valence-electron chi connectivity index (χ3n) is 4.60. The predicted molar refractivity (Wildman–Crippen MR) is 85.6 cm³/mol. The predicted octanol–water partition coefficient (Wildman–Crippen LogP) is 0.407. The molecule has 0 aromatic carbocycles. The van der Waals surface area contributed by atoms with Gasteiger partial charge in [0.05, 0.1) is 12.6 Å². The zero-order chi connectivity index (χ0) is 16.3. The molecule has 0 radical (unpaired) electrons. The first-order valence-electron chi connectivity index (χ1n) is 8.07. The van der Waals surface area contributed by atoms with Crippen molar-refractivity contribution in [2.75, 3.05) is 37.6 Å². The number of nitrogens with zero attached hydrogens (tertiary/aromatic N) is 5. The molecule has 0 bridgehead atoms. The molecular formula is C16H22N6O. The summed E-state index contributed by atoms with van der Waals surface area (Å²) in [5.74, 6) is 0.983. The van der Waals surface area contributed by atoms with Gasteiger partial charge in [0.15, 0.2) is 0 Å². The summed E-state index contributed by atoms with van der Waals surface area (Å²) in [6.45, 7) is 5.35. The number of rotatable bonds is 5. The van der Waals surface area contributed by atoms with Crippen LogP contribution in [-0.2, 0) is 4.79 Å². The lowest BCUT2D eigenvalue weighted by molar-refractivity contribution is -0.123. The van der Waals surface area contributed by atoms with Gasteiger partial charge in [0.25, 0.3) is 0 Å². The summed E-state index contributed by atoms with van der Waals surface area (Å²) in [6.07, 6.45) is 5.53. The maximum atomic E-state index is 12.2. The number of amides is 1. The zero-order valence-corrected chi connectivity index (χ0v) is 13.4. The van der Waals surface area contributed by atoms with E-state index in [1.165, 1.54) is 0 Å². The second-order valence-electron chi connectivity index (χ2n) is 6.45. The van der Waals surface area contributed by atoms with Gasteiger partial charge in [-0.1, -0.05) is 0 Å². The average Bonchev–Trinajstić information content (AvgIpc) is 3.41. The molecule has 7 heteroatoms. The highest BCUT2D eigenvalue weighted by atomic mass is 16.2. The highest BCUT2D eigenvalue weighted by molar-refractivity contribution is 5.79. The largest absolute Gasteiger partial charge is 0.338 e. The van der Waals surface area contributed by atoms with Crippen molar-refractivity contribution in [3.8, 4) is 6.07 Å². The van der Waals surface area contributed by atoms with Gasteiger partial charge in [-0.15, -0.1) is 0 Å². The van der Waals surface area contributed by atoms with Crippen LogP contribution in [0.15, 0.2) is 18.5 Å². The third-order valence-corrected chi connectivity index (χ3v) is 4.60. The SMILES string of the molecule is C[C@](C#N)(NC(=O)CN1CCN(c2ncccn2)CC1)C1CC1. The van der Waals surface area contributed by atoms with Crippen LogP contribution in [0, 0.1) is 17.2 Å². The van der Waals surface area contributed by atoms with Gasteiger partial charge in [-0.05, 0) is 31.7 Å². The van der Waals surface area contributed by atoms with Crippen LogP contribution in [0.25, 0.3) is 0 Å². The Kier molecular flexibility index (Phi) is 4.44. The Hall–Kier alpha value is -2.20. The van der Waals surface area contributed by atoms with E-state index in [2.05, 4.69) is 31.2 Å². The number of anilines is 1. The number of aromatic nitrogens is 2. The smallest absolute Gasteiger partial charge is 0.235 e. The Bertz CT molecular complexity index is 588. The number of nitrogens with one attached hydrogen (secondary N) is 1. The van der Waals surface area contributed by atoms with E-state index in [9.17, 15) is 10.1 Å². The van der Waals surface area contributed by atoms with Gasteiger partial charge in [0, 0.05) is 38.6 Å². The number of piperazine rings is 1. The summed E-state index contributed by atoms with van der Waals surface area (Å²) in [4.78, 5) is 25.0. The van der Waals surface area contributed by atoms with Crippen LogP contribution in [-0.4, -0.2) is 59.0 Å². The monoisotopic (exact) mass is 314 g/mol. The Morgan fingerprint density at radius 3 is 2.57 bits per heavy atom. The molecule has 2 aliphatic rings. The fraction of sp³-hybridized carbons (Fsp3) is 0.625. The van der Waals surface area contributed by atoms with Gasteiger partial charge < -0.3 is 10.2 Å². The summed E-state index contributed by atoms with van der Waals surface area (Å²) in [5.41, 5.74) is -0.712. The molecule has 2 heterocycles. The molecule has 0 unspecified atom stereocenters. The molecule has 0 spiro atoms. The van der Waals surface area contributed by atoms with E-state index in [-0.39, 0.29) is 5.91 Å². The standard InChI is InChI=1S/C16H22N6O/c1-16(12-17,13-3-4-13)20-14(23)11-21-7-9-22(10-8-21)15-18-5-2-6-19-15/h2,5-6,13H,3-4,7-11H2,1H3,(H,20,23)/t16-/m1/s1. The van der Waals surface area contributed by atoms with E-state index >= 15 is 0 Å². The molecule has 122 valence electrons. The minimum atomic E-state index is -0.712. The van der Waals surface area contributed by atoms with E-state index in [0.717, 1.165) is 45.0 Å². The van der Waals surface area contributed by atoms with E-state index in [0.29, 0.717) is 12.5 Å². The number of hydrogen-bond acceptors (Lipinski definition) is 6. The molecule has 2 fully saturated rings. The number of carbonyl (C=O) groups is 1. The van der Waals surface area contributed by atoms with Crippen molar-refractivity contribution in [3.63, 3.8) is 0 Å². The van der Waals surface area contributed by atoms with Gasteiger partial charge >= 0.3 is 0 Å². The Balaban J connectivity index is 1.47. The number of nitriles is 1. The zero-order valence-electron chi connectivity index (χ0n) is 13.4. The second-order valence-corrected chi connectivity index (χ2v) is 6.45. The fourth-order valence-electron chi connectivity index (χ4n) is 2.97. The van der Waals surface area contributed by atoms with Crippen LogP contribution in [0.3, 0.4) is 0 Å². The van der Waals surface area contributed by atoms with Crippen LogP contribution >= 0.6 is 0 Å². The van der Waals surface area contributed by atoms with Crippen LogP contribution < -0.4 is 10.2 Å². The normalized spacial score (nSPS) is 21.3. The lowest BCUT2D eigenvalue weighted by Gasteiger charge is -2.34. The maximum absolute atomic E-state index is 12.2. The third kappa shape index (κ3) is 3.77.